The van der Waals surface area contributed by atoms with E-state index in [1.54, 1.807) is 0 Å². The minimum Gasteiger partial charge on any atom is -0.325 e. The second kappa shape index (κ2) is 7.05. The van der Waals surface area contributed by atoms with Crippen molar-refractivity contribution in [3.63, 3.8) is 0 Å². The molecule has 2 rings (SSSR count). The van der Waals surface area contributed by atoms with Crippen LogP contribution in [-0.4, -0.2) is 18.4 Å². The van der Waals surface area contributed by atoms with E-state index in [1.807, 2.05) is 32.0 Å². The first-order valence-corrected chi connectivity index (χ1v) is 7.27. The van der Waals surface area contributed by atoms with Gasteiger partial charge in [-0.25, -0.2) is 4.39 Å². The van der Waals surface area contributed by atoms with Gasteiger partial charge < -0.3 is 10.2 Å². The average Bonchev–Trinajstić information content (AvgIpc) is 2.50. The van der Waals surface area contributed by atoms with Crippen LogP contribution in [0.4, 0.5) is 15.8 Å². The third-order valence-electron chi connectivity index (χ3n) is 3.61. The minimum absolute atomic E-state index is 0.102. The normalized spacial score (nSPS) is 10.3. The van der Waals surface area contributed by atoms with Crippen LogP contribution in [0.15, 0.2) is 42.5 Å². The summed E-state index contributed by atoms with van der Waals surface area (Å²) in [7, 11) is 0. The van der Waals surface area contributed by atoms with Crippen molar-refractivity contribution in [2.45, 2.75) is 20.8 Å². The van der Waals surface area contributed by atoms with Gasteiger partial charge in [-0.2, -0.15) is 0 Å². The Labute approximate surface area is 134 Å². The highest BCUT2D eigenvalue weighted by Gasteiger charge is 2.16. The SMILES string of the molecule is CC(=O)N(CC(=O)Nc1ccc(F)cc1)c1ccc(C)c(C)c1. The molecule has 23 heavy (non-hydrogen) atoms. The number of hydrogen-bond acceptors (Lipinski definition) is 2. The number of benzene rings is 2. The maximum atomic E-state index is 12.9. The van der Waals surface area contributed by atoms with Gasteiger partial charge in [0.25, 0.3) is 0 Å². The van der Waals surface area contributed by atoms with Gasteiger partial charge in [-0.15, -0.1) is 0 Å². The van der Waals surface area contributed by atoms with Gasteiger partial charge in [-0.1, -0.05) is 6.07 Å². The number of rotatable bonds is 4. The average molecular weight is 314 g/mol. The number of nitrogens with zero attached hydrogens (tertiary/aromatic N) is 1. The molecule has 2 amide bonds. The Morgan fingerprint density at radius 1 is 1.04 bits per heavy atom. The zero-order valence-electron chi connectivity index (χ0n) is 13.4. The van der Waals surface area contributed by atoms with Crippen LogP contribution >= 0.6 is 0 Å². The van der Waals surface area contributed by atoms with Crippen molar-refractivity contribution < 1.29 is 14.0 Å². The van der Waals surface area contributed by atoms with Crippen LogP contribution in [-0.2, 0) is 9.59 Å². The maximum Gasteiger partial charge on any atom is 0.244 e. The summed E-state index contributed by atoms with van der Waals surface area (Å²) in [6.45, 7) is 5.25. The molecule has 0 saturated carbocycles. The van der Waals surface area contributed by atoms with E-state index in [-0.39, 0.29) is 24.2 Å². The molecule has 0 bridgehead atoms. The summed E-state index contributed by atoms with van der Waals surface area (Å²) < 4.78 is 12.9. The van der Waals surface area contributed by atoms with E-state index in [4.69, 9.17) is 0 Å². The highest BCUT2D eigenvalue weighted by molar-refractivity contribution is 6.01. The first-order valence-electron chi connectivity index (χ1n) is 7.27. The van der Waals surface area contributed by atoms with Gasteiger partial charge >= 0.3 is 0 Å². The van der Waals surface area contributed by atoms with Crippen molar-refractivity contribution in [2.75, 3.05) is 16.8 Å². The van der Waals surface area contributed by atoms with E-state index in [0.29, 0.717) is 11.4 Å². The largest absolute Gasteiger partial charge is 0.325 e. The lowest BCUT2D eigenvalue weighted by Gasteiger charge is -2.21. The molecular formula is C18H19FN2O2. The lowest BCUT2D eigenvalue weighted by atomic mass is 10.1. The third-order valence-corrected chi connectivity index (χ3v) is 3.61. The number of anilines is 2. The summed E-state index contributed by atoms with van der Waals surface area (Å²) in [6.07, 6.45) is 0. The van der Waals surface area contributed by atoms with Crippen LogP contribution in [0.25, 0.3) is 0 Å². The number of aryl methyl sites for hydroxylation is 2. The molecule has 120 valence electrons. The van der Waals surface area contributed by atoms with Gasteiger partial charge in [-0.3, -0.25) is 9.59 Å². The van der Waals surface area contributed by atoms with Crippen LogP contribution in [0.5, 0.6) is 0 Å². The number of halogens is 1. The molecule has 0 aliphatic carbocycles. The lowest BCUT2D eigenvalue weighted by Crippen LogP contribution is -2.36. The first kappa shape index (κ1) is 16.7. The zero-order valence-corrected chi connectivity index (χ0v) is 13.4. The van der Waals surface area contributed by atoms with Crippen molar-refractivity contribution in [3.8, 4) is 0 Å². The molecule has 4 nitrogen and oxygen atoms in total. The number of carbonyl (C=O) groups is 2. The maximum absolute atomic E-state index is 12.9. The fourth-order valence-corrected chi connectivity index (χ4v) is 2.16. The van der Waals surface area contributed by atoms with E-state index >= 15 is 0 Å². The molecule has 0 radical (unpaired) electrons. The van der Waals surface area contributed by atoms with Crippen LogP contribution in [0.2, 0.25) is 0 Å². The number of amides is 2. The fraction of sp³-hybridized carbons (Fsp3) is 0.222. The second-order valence-corrected chi connectivity index (χ2v) is 5.43. The van der Waals surface area contributed by atoms with E-state index in [9.17, 15) is 14.0 Å². The standard InChI is InChI=1S/C18H19FN2O2/c1-12-4-9-17(10-13(12)2)21(14(3)22)11-18(23)20-16-7-5-15(19)6-8-16/h4-10H,11H2,1-3H3,(H,20,23). The van der Waals surface area contributed by atoms with Gasteiger partial charge in [0.1, 0.15) is 12.4 Å². The third kappa shape index (κ3) is 4.39. The molecule has 2 aromatic rings. The number of carbonyl (C=O) groups excluding carboxylic acids is 2. The first-order chi connectivity index (χ1) is 10.9. The van der Waals surface area contributed by atoms with Crippen LogP contribution < -0.4 is 10.2 Å². The Morgan fingerprint density at radius 3 is 2.26 bits per heavy atom. The molecule has 0 aliphatic rings. The lowest BCUT2D eigenvalue weighted by molar-refractivity contribution is -0.120. The van der Waals surface area contributed by atoms with Crippen molar-refractivity contribution in [2.24, 2.45) is 0 Å². The van der Waals surface area contributed by atoms with Crippen molar-refractivity contribution in [1.82, 2.24) is 0 Å². The molecule has 1 N–H and O–H groups in total. The van der Waals surface area contributed by atoms with E-state index in [1.165, 1.54) is 36.1 Å². The Morgan fingerprint density at radius 2 is 1.70 bits per heavy atom. The molecule has 0 aromatic heterocycles. The van der Waals surface area contributed by atoms with Gasteiger partial charge in [0.05, 0.1) is 0 Å². The highest BCUT2D eigenvalue weighted by Crippen LogP contribution is 2.19. The molecule has 0 fully saturated rings. The predicted molar refractivity (Wildman–Crippen MR) is 89.0 cm³/mol. The molecule has 0 atom stereocenters. The summed E-state index contributed by atoms with van der Waals surface area (Å²) >= 11 is 0. The summed E-state index contributed by atoms with van der Waals surface area (Å²) in [4.78, 5) is 25.4. The summed E-state index contributed by atoms with van der Waals surface area (Å²) in [5.74, 6) is -0.934. The molecule has 0 aliphatic heterocycles. The Balaban J connectivity index is 2.12. The predicted octanol–water partition coefficient (Wildman–Crippen LogP) is 3.43. The Kier molecular flexibility index (Phi) is 5.11. The Hall–Kier alpha value is -2.69. The highest BCUT2D eigenvalue weighted by atomic mass is 19.1. The molecule has 2 aromatic carbocycles. The van der Waals surface area contributed by atoms with Gasteiger partial charge in [0.2, 0.25) is 11.8 Å². The minimum atomic E-state index is -0.372. The summed E-state index contributed by atoms with van der Waals surface area (Å²) in [5, 5.41) is 2.65. The topological polar surface area (TPSA) is 49.4 Å². The van der Waals surface area contributed by atoms with E-state index in [2.05, 4.69) is 5.32 Å². The van der Waals surface area contributed by atoms with Crippen molar-refractivity contribution >= 4 is 23.2 Å². The van der Waals surface area contributed by atoms with Crippen molar-refractivity contribution in [1.29, 1.82) is 0 Å². The number of hydrogen-bond donors (Lipinski definition) is 1. The Bertz CT molecular complexity index is 726. The zero-order chi connectivity index (χ0) is 17.0. The van der Waals surface area contributed by atoms with Gasteiger partial charge in [-0.05, 0) is 61.4 Å². The van der Waals surface area contributed by atoms with Crippen LogP contribution in [0.3, 0.4) is 0 Å². The monoisotopic (exact) mass is 314 g/mol. The molecule has 0 spiro atoms. The van der Waals surface area contributed by atoms with Gasteiger partial charge in [0, 0.05) is 18.3 Å². The fourth-order valence-electron chi connectivity index (χ4n) is 2.16. The molecule has 5 heteroatoms. The smallest absolute Gasteiger partial charge is 0.244 e. The van der Waals surface area contributed by atoms with E-state index < -0.39 is 0 Å². The quantitative estimate of drug-likeness (QED) is 0.940. The summed E-state index contributed by atoms with van der Waals surface area (Å²) in [5.41, 5.74) is 3.33. The van der Waals surface area contributed by atoms with E-state index in [0.717, 1.165) is 11.1 Å². The summed E-state index contributed by atoms with van der Waals surface area (Å²) in [6, 6.07) is 11.1. The molecule has 0 heterocycles. The van der Waals surface area contributed by atoms with Crippen LogP contribution in [0, 0.1) is 19.7 Å². The van der Waals surface area contributed by atoms with Crippen LogP contribution in [0.1, 0.15) is 18.1 Å². The van der Waals surface area contributed by atoms with Crippen molar-refractivity contribution in [3.05, 3.63) is 59.4 Å². The molecular weight excluding hydrogens is 295 g/mol. The van der Waals surface area contributed by atoms with Gasteiger partial charge in [0.15, 0.2) is 0 Å². The molecule has 0 unspecified atom stereocenters. The molecule has 0 saturated heterocycles. The second-order valence-electron chi connectivity index (χ2n) is 5.43. The number of nitrogens with one attached hydrogen (secondary N) is 1.